The fourth-order valence-electron chi connectivity index (χ4n) is 3.97. The fourth-order valence-corrected chi connectivity index (χ4v) is 4.29. The Kier molecular flexibility index (Phi) is 4.28. The van der Waals surface area contributed by atoms with Crippen LogP contribution in [0.1, 0.15) is 31.2 Å². The molecule has 110 valence electrons. The van der Waals surface area contributed by atoms with Crippen LogP contribution in [0.3, 0.4) is 0 Å². The van der Waals surface area contributed by atoms with Gasteiger partial charge < -0.3 is 5.11 Å². The molecule has 1 aromatic carbocycles. The third-order valence-corrected chi connectivity index (χ3v) is 5.74. The molecule has 1 aromatic rings. The van der Waals surface area contributed by atoms with E-state index in [1.165, 1.54) is 18.4 Å². The van der Waals surface area contributed by atoms with E-state index in [0.717, 1.165) is 31.2 Å². The van der Waals surface area contributed by atoms with Gasteiger partial charge in [-0.05, 0) is 62.3 Å². The van der Waals surface area contributed by atoms with Crippen molar-refractivity contribution in [2.45, 2.75) is 44.4 Å². The monoisotopic (exact) mass is 313 g/mol. The second-order valence-corrected chi connectivity index (χ2v) is 7.25. The standard InChI is InChI=1S/C16H21Cl2NO/c1-19(9-10-2-3-15(17)16(18)4-10)13-5-11-7-14(20)8-12(11)6-13/h2-4,11-14,20H,5-9H2,1H3/t11-,12+,13?,14?. The lowest BCUT2D eigenvalue weighted by Gasteiger charge is -2.25. The molecular weight excluding hydrogens is 293 g/mol. The van der Waals surface area contributed by atoms with E-state index in [4.69, 9.17) is 23.2 Å². The van der Waals surface area contributed by atoms with Gasteiger partial charge in [-0.1, -0.05) is 29.3 Å². The molecule has 2 aliphatic carbocycles. The summed E-state index contributed by atoms with van der Waals surface area (Å²) in [7, 11) is 2.19. The van der Waals surface area contributed by atoms with Crippen molar-refractivity contribution in [3.05, 3.63) is 33.8 Å². The number of aliphatic hydroxyl groups excluding tert-OH is 1. The van der Waals surface area contributed by atoms with E-state index >= 15 is 0 Å². The van der Waals surface area contributed by atoms with Gasteiger partial charge in [0.15, 0.2) is 0 Å². The van der Waals surface area contributed by atoms with Crippen LogP contribution in [-0.4, -0.2) is 29.2 Å². The van der Waals surface area contributed by atoms with Crippen LogP contribution in [0.4, 0.5) is 0 Å². The number of aliphatic hydroxyl groups is 1. The lowest BCUT2D eigenvalue weighted by Crippen LogP contribution is -2.29. The van der Waals surface area contributed by atoms with Crippen LogP contribution in [0.25, 0.3) is 0 Å². The molecule has 2 saturated carbocycles. The molecule has 0 amide bonds. The van der Waals surface area contributed by atoms with Crippen molar-refractivity contribution in [1.82, 2.24) is 4.90 Å². The van der Waals surface area contributed by atoms with Crippen LogP contribution in [0, 0.1) is 11.8 Å². The molecule has 2 unspecified atom stereocenters. The molecule has 0 bridgehead atoms. The molecule has 20 heavy (non-hydrogen) atoms. The Morgan fingerprint density at radius 1 is 1.10 bits per heavy atom. The minimum Gasteiger partial charge on any atom is -0.393 e. The van der Waals surface area contributed by atoms with Gasteiger partial charge in [0.1, 0.15) is 0 Å². The predicted octanol–water partition coefficient (Wildman–Crippen LogP) is 3.97. The third-order valence-electron chi connectivity index (χ3n) is 5.01. The maximum Gasteiger partial charge on any atom is 0.0595 e. The maximum atomic E-state index is 9.71. The zero-order valence-electron chi connectivity index (χ0n) is 11.7. The van der Waals surface area contributed by atoms with Crippen molar-refractivity contribution in [2.24, 2.45) is 11.8 Å². The van der Waals surface area contributed by atoms with Gasteiger partial charge in [0.25, 0.3) is 0 Å². The zero-order valence-corrected chi connectivity index (χ0v) is 13.2. The minimum atomic E-state index is -0.0497. The van der Waals surface area contributed by atoms with Gasteiger partial charge in [-0.15, -0.1) is 0 Å². The summed E-state index contributed by atoms with van der Waals surface area (Å²) in [4.78, 5) is 2.42. The van der Waals surface area contributed by atoms with Gasteiger partial charge in [0.05, 0.1) is 16.1 Å². The topological polar surface area (TPSA) is 23.5 Å². The molecule has 2 nitrogen and oxygen atoms in total. The Morgan fingerprint density at radius 2 is 1.75 bits per heavy atom. The van der Waals surface area contributed by atoms with Crippen LogP contribution in [0.5, 0.6) is 0 Å². The number of benzene rings is 1. The molecule has 0 radical (unpaired) electrons. The highest BCUT2D eigenvalue weighted by Crippen LogP contribution is 2.45. The molecule has 2 aliphatic rings. The van der Waals surface area contributed by atoms with Gasteiger partial charge in [0, 0.05) is 12.6 Å². The highest BCUT2D eigenvalue weighted by Gasteiger charge is 2.42. The van der Waals surface area contributed by atoms with E-state index in [0.29, 0.717) is 16.1 Å². The van der Waals surface area contributed by atoms with Crippen LogP contribution < -0.4 is 0 Å². The van der Waals surface area contributed by atoms with Crippen LogP contribution in [0.2, 0.25) is 10.0 Å². The highest BCUT2D eigenvalue weighted by atomic mass is 35.5. The van der Waals surface area contributed by atoms with Crippen molar-refractivity contribution in [3.8, 4) is 0 Å². The molecule has 0 spiro atoms. The second kappa shape index (κ2) is 5.84. The van der Waals surface area contributed by atoms with Gasteiger partial charge in [0.2, 0.25) is 0 Å². The lowest BCUT2D eigenvalue weighted by molar-refractivity contribution is 0.158. The normalized spacial score (nSPS) is 32.9. The Labute approximate surface area is 130 Å². The molecule has 4 atom stereocenters. The highest BCUT2D eigenvalue weighted by molar-refractivity contribution is 6.42. The SMILES string of the molecule is CN(Cc1ccc(Cl)c(Cl)c1)C1C[C@H]2CC(O)C[C@H]2C1. The Morgan fingerprint density at radius 3 is 2.35 bits per heavy atom. The van der Waals surface area contributed by atoms with Crippen LogP contribution in [0.15, 0.2) is 18.2 Å². The molecule has 0 aliphatic heterocycles. The van der Waals surface area contributed by atoms with E-state index < -0.39 is 0 Å². The Hall–Kier alpha value is -0.280. The summed E-state index contributed by atoms with van der Waals surface area (Å²) in [6.45, 7) is 0.906. The average Bonchev–Trinajstić information content (AvgIpc) is 2.91. The molecule has 1 N–H and O–H groups in total. The first kappa shape index (κ1) is 14.6. The summed E-state index contributed by atoms with van der Waals surface area (Å²) >= 11 is 12.0. The van der Waals surface area contributed by atoms with E-state index in [1.54, 1.807) is 0 Å². The number of fused-ring (bicyclic) bond motifs is 1. The quantitative estimate of drug-likeness (QED) is 0.912. The molecule has 0 heterocycles. The van der Waals surface area contributed by atoms with Crippen molar-refractivity contribution < 1.29 is 5.11 Å². The first-order valence-electron chi connectivity index (χ1n) is 7.35. The van der Waals surface area contributed by atoms with Crippen molar-refractivity contribution in [1.29, 1.82) is 0 Å². The van der Waals surface area contributed by atoms with Crippen LogP contribution in [-0.2, 0) is 6.54 Å². The number of halogens is 2. The van der Waals surface area contributed by atoms with E-state index in [9.17, 15) is 5.11 Å². The number of nitrogens with zero attached hydrogens (tertiary/aromatic N) is 1. The first-order chi connectivity index (χ1) is 9.52. The fraction of sp³-hybridized carbons (Fsp3) is 0.625. The van der Waals surface area contributed by atoms with Crippen molar-refractivity contribution in [2.75, 3.05) is 7.05 Å². The van der Waals surface area contributed by atoms with Crippen molar-refractivity contribution in [3.63, 3.8) is 0 Å². The van der Waals surface area contributed by atoms with Crippen molar-refractivity contribution >= 4 is 23.2 Å². The predicted molar refractivity (Wildman–Crippen MR) is 83.2 cm³/mol. The summed E-state index contributed by atoms with van der Waals surface area (Å²) in [5.41, 5.74) is 1.21. The molecule has 4 heteroatoms. The summed E-state index contributed by atoms with van der Waals surface area (Å²) in [6, 6.07) is 6.50. The minimum absolute atomic E-state index is 0.0497. The first-order valence-corrected chi connectivity index (χ1v) is 8.10. The smallest absolute Gasteiger partial charge is 0.0595 e. The van der Waals surface area contributed by atoms with E-state index in [2.05, 4.69) is 11.9 Å². The molecule has 0 aromatic heterocycles. The summed E-state index contributed by atoms with van der Waals surface area (Å²) in [5.74, 6) is 1.46. The zero-order chi connectivity index (χ0) is 14.3. The van der Waals surface area contributed by atoms with E-state index in [1.807, 2.05) is 18.2 Å². The number of rotatable bonds is 3. The van der Waals surface area contributed by atoms with Gasteiger partial charge in [-0.25, -0.2) is 0 Å². The summed E-state index contributed by atoms with van der Waals surface area (Å²) < 4.78 is 0. The number of hydrogen-bond donors (Lipinski definition) is 1. The van der Waals surface area contributed by atoms with E-state index in [-0.39, 0.29) is 6.10 Å². The summed E-state index contributed by atoms with van der Waals surface area (Å²) in [5, 5.41) is 11.0. The van der Waals surface area contributed by atoms with Gasteiger partial charge in [-0.3, -0.25) is 4.90 Å². The average molecular weight is 314 g/mol. The second-order valence-electron chi connectivity index (χ2n) is 6.43. The van der Waals surface area contributed by atoms with Gasteiger partial charge >= 0.3 is 0 Å². The molecule has 0 saturated heterocycles. The lowest BCUT2D eigenvalue weighted by atomic mass is 10.0. The third kappa shape index (κ3) is 2.99. The molecular formula is C16H21Cl2NO. The largest absolute Gasteiger partial charge is 0.393 e. The molecule has 2 fully saturated rings. The molecule has 3 rings (SSSR count). The van der Waals surface area contributed by atoms with Crippen LogP contribution >= 0.6 is 23.2 Å². The Bertz CT molecular complexity index is 479. The summed E-state index contributed by atoms with van der Waals surface area (Å²) in [6.07, 6.45) is 4.40. The number of hydrogen-bond acceptors (Lipinski definition) is 2. The Balaban J connectivity index is 1.60. The maximum absolute atomic E-state index is 9.71. The van der Waals surface area contributed by atoms with Gasteiger partial charge in [-0.2, -0.15) is 0 Å².